The van der Waals surface area contributed by atoms with E-state index in [9.17, 15) is 26.3 Å². The molecule has 4 nitrogen and oxygen atoms in total. The second-order valence-corrected chi connectivity index (χ2v) is 4.63. The first-order chi connectivity index (χ1) is 9.57. The fourth-order valence-electron chi connectivity index (χ4n) is 1.98. The minimum Gasteiger partial charge on any atom is -0.313 e. The van der Waals surface area contributed by atoms with Gasteiger partial charge in [-0.25, -0.2) is 4.98 Å². The molecule has 1 unspecified atom stereocenters. The summed E-state index contributed by atoms with van der Waals surface area (Å²) < 4.78 is 78.1. The Labute approximate surface area is 117 Å². The largest absolute Gasteiger partial charge is 0.402 e. The van der Waals surface area contributed by atoms with E-state index in [0.717, 1.165) is 11.0 Å². The number of alkyl halides is 6. The molecule has 1 heterocycles. The zero-order valence-corrected chi connectivity index (χ0v) is 11.5. The summed E-state index contributed by atoms with van der Waals surface area (Å²) in [7, 11) is 1.41. The van der Waals surface area contributed by atoms with Crippen molar-refractivity contribution in [2.75, 3.05) is 6.54 Å². The van der Waals surface area contributed by atoms with E-state index in [-0.39, 0.29) is 12.4 Å². The lowest BCUT2D eigenvalue weighted by atomic mass is 9.95. The zero-order valence-electron chi connectivity index (χ0n) is 11.5. The van der Waals surface area contributed by atoms with Gasteiger partial charge in [0, 0.05) is 19.5 Å². The van der Waals surface area contributed by atoms with Crippen LogP contribution in [-0.2, 0) is 13.5 Å². The third-order valence-corrected chi connectivity index (χ3v) is 2.97. The number of aromatic nitrogens is 3. The van der Waals surface area contributed by atoms with Crippen LogP contribution in [0.1, 0.15) is 19.2 Å². The molecule has 0 aliphatic carbocycles. The molecule has 0 spiro atoms. The van der Waals surface area contributed by atoms with Gasteiger partial charge >= 0.3 is 12.4 Å². The highest BCUT2D eigenvalue weighted by Gasteiger charge is 2.60. The second kappa shape index (κ2) is 6.63. The van der Waals surface area contributed by atoms with E-state index >= 15 is 0 Å². The van der Waals surface area contributed by atoms with Crippen molar-refractivity contribution in [2.24, 2.45) is 13.0 Å². The maximum atomic E-state index is 12.8. The summed E-state index contributed by atoms with van der Waals surface area (Å²) in [6.45, 7) is 1.70. The number of hydrogen-bond donors (Lipinski definition) is 1. The maximum absolute atomic E-state index is 12.8. The molecule has 0 amide bonds. The smallest absolute Gasteiger partial charge is 0.313 e. The molecule has 0 aliphatic heterocycles. The van der Waals surface area contributed by atoms with Gasteiger partial charge in [-0.15, -0.1) is 0 Å². The molecule has 1 N–H and O–H groups in total. The van der Waals surface area contributed by atoms with E-state index in [1.54, 1.807) is 6.92 Å². The normalized spacial score (nSPS) is 14.7. The first kappa shape index (κ1) is 17.7. The molecule has 0 aromatic carbocycles. The van der Waals surface area contributed by atoms with Crippen LogP contribution >= 0.6 is 0 Å². The summed E-state index contributed by atoms with van der Waals surface area (Å²) in [5.74, 6) is -3.39. The molecule has 1 atom stereocenters. The molecule has 0 bridgehead atoms. The van der Waals surface area contributed by atoms with Crippen molar-refractivity contribution in [3.8, 4) is 0 Å². The molecule has 0 saturated heterocycles. The van der Waals surface area contributed by atoms with Gasteiger partial charge in [0.15, 0.2) is 5.92 Å². The highest BCUT2D eigenvalue weighted by molar-refractivity contribution is 4.96. The van der Waals surface area contributed by atoms with E-state index in [2.05, 4.69) is 15.4 Å². The summed E-state index contributed by atoms with van der Waals surface area (Å²) in [6, 6.07) is -1.84. The first-order valence-corrected chi connectivity index (χ1v) is 6.27. The van der Waals surface area contributed by atoms with Crippen molar-refractivity contribution in [3.05, 3.63) is 12.2 Å². The predicted octanol–water partition coefficient (Wildman–Crippen LogP) is 2.47. The van der Waals surface area contributed by atoms with Crippen molar-refractivity contribution < 1.29 is 26.3 Å². The van der Waals surface area contributed by atoms with E-state index in [1.165, 1.54) is 7.05 Å². The van der Waals surface area contributed by atoms with E-state index in [0.29, 0.717) is 6.42 Å². The lowest BCUT2D eigenvalue weighted by Gasteiger charge is -2.31. The lowest BCUT2D eigenvalue weighted by Crippen LogP contribution is -2.52. The molecular formula is C11H16F6N4. The summed E-state index contributed by atoms with van der Waals surface area (Å²) in [5.41, 5.74) is 0. The Kier molecular flexibility index (Phi) is 5.60. The number of aryl methyl sites for hydroxylation is 1. The highest BCUT2D eigenvalue weighted by Crippen LogP contribution is 2.42. The first-order valence-electron chi connectivity index (χ1n) is 6.27. The topological polar surface area (TPSA) is 42.7 Å². The van der Waals surface area contributed by atoms with Gasteiger partial charge in [0.2, 0.25) is 0 Å². The summed E-state index contributed by atoms with van der Waals surface area (Å²) in [6.07, 6.45) is -9.79. The van der Waals surface area contributed by atoms with E-state index in [1.807, 2.05) is 0 Å². The monoisotopic (exact) mass is 318 g/mol. The molecule has 1 aromatic heterocycles. The SMILES string of the molecule is CCCNC(Cc1ncnn1C)C(C(F)(F)F)C(F)(F)F. The van der Waals surface area contributed by atoms with Crippen LogP contribution in [-0.4, -0.2) is 39.7 Å². The summed E-state index contributed by atoms with van der Waals surface area (Å²) >= 11 is 0. The van der Waals surface area contributed by atoms with Gasteiger partial charge < -0.3 is 5.32 Å². The van der Waals surface area contributed by atoms with Crippen LogP contribution in [0, 0.1) is 5.92 Å². The Hall–Kier alpha value is -1.32. The van der Waals surface area contributed by atoms with Crippen LogP contribution < -0.4 is 5.32 Å². The van der Waals surface area contributed by atoms with Gasteiger partial charge in [-0.1, -0.05) is 6.92 Å². The zero-order chi connectivity index (χ0) is 16.3. The molecule has 0 radical (unpaired) electrons. The van der Waals surface area contributed by atoms with Crippen molar-refractivity contribution in [1.82, 2.24) is 20.1 Å². The van der Waals surface area contributed by atoms with Gasteiger partial charge in [-0.3, -0.25) is 4.68 Å². The van der Waals surface area contributed by atoms with Gasteiger partial charge in [-0.2, -0.15) is 31.4 Å². The van der Waals surface area contributed by atoms with Crippen LogP contribution in [0.5, 0.6) is 0 Å². The molecule has 122 valence electrons. The number of nitrogens with zero attached hydrogens (tertiary/aromatic N) is 3. The van der Waals surface area contributed by atoms with E-state index in [4.69, 9.17) is 0 Å². The lowest BCUT2D eigenvalue weighted by molar-refractivity contribution is -0.291. The van der Waals surface area contributed by atoms with Gasteiger partial charge in [-0.05, 0) is 13.0 Å². The number of hydrogen-bond acceptors (Lipinski definition) is 3. The molecule has 0 aliphatic rings. The number of halogens is 6. The summed E-state index contributed by atoms with van der Waals surface area (Å²) in [5, 5.41) is 5.98. The minimum absolute atomic E-state index is 0.0468. The Morgan fingerprint density at radius 2 is 1.76 bits per heavy atom. The molecule has 10 heteroatoms. The molecule has 21 heavy (non-hydrogen) atoms. The number of nitrogens with one attached hydrogen (secondary N) is 1. The maximum Gasteiger partial charge on any atom is 0.402 e. The van der Waals surface area contributed by atoms with Crippen LogP contribution in [0.25, 0.3) is 0 Å². The molecular weight excluding hydrogens is 302 g/mol. The quantitative estimate of drug-likeness (QED) is 0.820. The third-order valence-electron chi connectivity index (χ3n) is 2.97. The average Bonchev–Trinajstić information content (AvgIpc) is 2.68. The highest BCUT2D eigenvalue weighted by atomic mass is 19.4. The summed E-state index contributed by atoms with van der Waals surface area (Å²) in [4.78, 5) is 3.69. The Morgan fingerprint density at radius 3 is 2.14 bits per heavy atom. The van der Waals surface area contributed by atoms with Crippen LogP contribution in [0.2, 0.25) is 0 Å². The van der Waals surface area contributed by atoms with Crippen molar-refractivity contribution >= 4 is 0 Å². The molecule has 1 aromatic rings. The van der Waals surface area contributed by atoms with Crippen LogP contribution in [0.4, 0.5) is 26.3 Å². The van der Waals surface area contributed by atoms with Crippen molar-refractivity contribution in [3.63, 3.8) is 0 Å². The van der Waals surface area contributed by atoms with Gasteiger partial charge in [0.25, 0.3) is 0 Å². The Bertz CT molecular complexity index is 425. The molecule has 0 saturated carbocycles. The number of rotatable bonds is 6. The Balaban J connectivity index is 3.05. The minimum atomic E-state index is -5.39. The molecule has 1 rings (SSSR count). The van der Waals surface area contributed by atoms with Crippen LogP contribution in [0.3, 0.4) is 0 Å². The molecule has 0 fully saturated rings. The van der Waals surface area contributed by atoms with Crippen LogP contribution in [0.15, 0.2) is 6.33 Å². The average molecular weight is 318 g/mol. The van der Waals surface area contributed by atoms with Gasteiger partial charge in [0.1, 0.15) is 12.2 Å². The van der Waals surface area contributed by atoms with Crippen molar-refractivity contribution in [1.29, 1.82) is 0 Å². The second-order valence-electron chi connectivity index (χ2n) is 4.63. The third kappa shape index (κ3) is 4.87. The van der Waals surface area contributed by atoms with Crippen molar-refractivity contribution in [2.45, 2.75) is 38.2 Å². The Morgan fingerprint density at radius 1 is 1.19 bits per heavy atom. The fraction of sp³-hybridized carbons (Fsp3) is 0.818. The predicted molar refractivity (Wildman–Crippen MR) is 62.4 cm³/mol. The fourth-order valence-corrected chi connectivity index (χ4v) is 1.98. The van der Waals surface area contributed by atoms with E-state index < -0.39 is 30.7 Å². The standard InChI is InChI=1S/C11H16F6N4/c1-3-4-18-7(5-8-19-6-20-21(8)2)9(10(12,13)14)11(15,16)17/h6-7,9,18H,3-5H2,1-2H3. The van der Waals surface area contributed by atoms with Gasteiger partial charge in [0.05, 0.1) is 0 Å².